The lowest BCUT2D eigenvalue weighted by molar-refractivity contribution is 0.0525. The predicted octanol–water partition coefficient (Wildman–Crippen LogP) is 4.62. The summed E-state index contributed by atoms with van der Waals surface area (Å²) in [7, 11) is 1.65. The molecule has 0 aliphatic rings. The van der Waals surface area contributed by atoms with Crippen LogP contribution in [0.5, 0.6) is 5.75 Å². The second-order valence-corrected chi connectivity index (χ2v) is 6.44. The number of thiocarbonyl (C=S) groups is 1. The van der Waals surface area contributed by atoms with Crippen LogP contribution in [0.25, 0.3) is 0 Å². The summed E-state index contributed by atoms with van der Waals surface area (Å²) >= 11 is 5.48. The summed E-state index contributed by atoms with van der Waals surface area (Å²) in [5.74, 6) is 0.489. The average Bonchev–Trinajstić information content (AvgIpc) is 2.68. The molecule has 2 aromatic carbocycles. The molecule has 0 fully saturated rings. The van der Waals surface area contributed by atoms with Gasteiger partial charge in [0.05, 0.1) is 25.3 Å². The normalized spacial score (nSPS) is 11.4. The van der Waals surface area contributed by atoms with Gasteiger partial charge in [0.1, 0.15) is 5.75 Å². The van der Waals surface area contributed by atoms with Crippen molar-refractivity contribution in [1.29, 1.82) is 0 Å². The maximum Gasteiger partial charge on any atom is 0.338 e. The zero-order valence-corrected chi connectivity index (χ0v) is 17.0. The number of hydrogen-bond acceptors (Lipinski definition) is 4. The van der Waals surface area contributed by atoms with Gasteiger partial charge in [0.2, 0.25) is 0 Å². The Hall–Kier alpha value is -2.60. The number of ether oxygens (including phenoxy) is 2. The number of hydrogen-bond donors (Lipinski definition) is 2. The second-order valence-electron chi connectivity index (χ2n) is 6.03. The first-order chi connectivity index (χ1) is 13.0. The highest BCUT2D eigenvalue weighted by molar-refractivity contribution is 7.80. The summed E-state index contributed by atoms with van der Waals surface area (Å²) in [6.45, 7) is 6.10. The molecule has 1 unspecified atom stereocenters. The van der Waals surface area contributed by atoms with E-state index in [2.05, 4.69) is 17.6 Å². The van der Waals surface area contributed by atoms with Gasteiger partial charge in [-0.05, 0) is 67.9 Å². The summed E-state index contributed by atoms with van der Waals surface area (Å²) in [4.78, 5) is 12.1. The fourth-order valence-electron chi connectivity index (χ4n) is 2.78. The minimum atomic E-state index is -0.331. The van der Waals surface area contributed by atoms with Gasteiger partial charge in [0.15, 0.2) is 5.11 Å². The summed E-state index contributed by atoms with van der Waals surface area (Å²) in [5.41, 5.74) is 3.24. The van der Waals surface area contributed by atoms with Crippen LogP contribution in [0, 0.1) is 6.92 Å². The van der Waals surface area contributed by atoms with Crippen LogP contribution < -0.4 is 15.4 Å². The standard InChI is InChI=1S/C21H26N2O3S/c1-5-18(15-10-12-16(25-4)13-11-15)22-21(27)23-19-9-7-8-17(14(19)3)20(24)26-6-2/h7-13,18H,5-6H2,1-4H3,(H2,22,23,27). The first-order valence-corrected chi connectivity index (χ1v) is 9.39. The molecule has 2 N–H and O–H groups in total. The summed E-state index contributed by atoms with van der Waals surface area (Å²) in [5, 5.41) is 7.03. The van der Waals surface area contributed by atoms with Gasteiger partial charge in [-0.3, -0.25) is 0 Å². The Morgan fingerprint density at radius 3 is 2.44 bits per heavy atom. The van der Waals surface area contributed by atoms with Crippen LogP contribution in [0.4, 0.5) is 5.69 Å². The molecule has 0 saturated carbocycles. The van der Waals surface area contributed by atoms with Gasteiger partial charge in [0.25, 0.3) is 0 Å². The average molecular weight is 387 g/mol. The maximum absolute atomic E-state index is 12.1. The van der Waals surface area contributed by atoms with Crippen LogP contribution in [0.3, 0.4) is 0 Å². The third kappa shape index (κ3) is 5.44. The monoisotopic (exact) mass is 386 g/mol. The highest BCUT2D eigenvalue weighted by atomic mass is 32.1. The molecule has 6 heteroatoms. The molecule has 0 radical (unpaired) electrons. The predicted molar refractivity (Wildman–Crippen MR) is 113 cm³/mol. The smallest absolute Gasteiger partial charge is 0.338 e. The van der Waals surface area contributed by atoms with Gasteiger partial charge in [-0.15, -0.1) is 0 Å². The first-order valence-electron chi connectivity index (χ1n) is 8.98. The van der Waals surface area contributed by atoms with Crippen molar-refractivity contribution >= 4 is 29.0 Å². The summed E-state index contributed by atoms with van der Waals surface area (Å²) < 4.78 is 10.3. The Labute approximate surface area is 166 Å². The van der Waals surface area contributed by atoms with E-state index in [0.717, 1.165) is 29.0 Å². The highest BCUT2D eigenvalue weighted by Crippen LogP contribution is 2.22. The van der Waals surface area contributed by atoms with Gasteiger partial charge in [-0.1, -0.05) is 25.1 Å². The van der Waals surface area contributed by atoms with Crippen molar-refractivity contribution in [1.82, 2.24) is 5.32 Å². The van der Waals surface area contributed by atoms with Crippen molar-refractivity contribution in [3.8, 4) is 5.75 Å². The molecule has 0 aliphatic carbocycles. The molecule has 0 spiro atoms. The van der Waals surface area contributed by atoms with Crippen molar-refractivity contribution in [2.24, 2.45) is 0 Å². The zero-order chi connectivity index (χ0) is 19.8. The van der Waals surface area contributed by atoms with Crippen LogP contribution in [0.1, 0.15) is 47.8 Å². The summed E-state index contributed by atoms with van der Waals surface area (Å²) in [6.07, 6.45) is 0.871. The Morgan fingerprint density at radius 1 is 1.15 bits per heavy atom. The molecule has 2 aromatic rings. The molecule has 1 atom stereocenters. The quantitative estimate of drug-likeness (QED) is 0.535. The number of anilines is 1. The lowest BCUT2D eigenvalue weighted by Gasteiger charge is -2.21. The maximum atomic E-state index is 12.1. The van der Waals surface area contributed by atoms with Crippen LogP contribution in [-0.4, -0.2) is 24.8 Å². The van der Waals surface area contributed by atoms with Crippen molar-refractivity contribution in [3.05, 3.63) is 59.2 Å². The third-order valence-electron chi connectivity index (χ3n) is 4.31. The molecule has 0 bridgehead atoms. The van der Waals surface area contributed by atoms with Crippen molar-refractivity contribution in [2.75, 3.05) is 19.0 Å². The molecule has 144 valence electrons. The number of esters is 1. The van der Waals surface area contributed by atoms with E-state index in [1.807, 2.05) is 43.3 Å². The second kappa shape index (κ2) is 9.92. The van der Waals surface area contributed by atoms with E-state index in [-0.39, 0.29) is 12.0 Å². The van der Waals surface area contributed by atoms with Gasteiger partial charge in [-0.25, -0.2) is 4.79 Å². The molecule has 27 heavy (non-hydrogen) atoms. The minimum absolute atomic E-state index is 0.0736. The van der Waals surface area contributed by atoms with E-state index in [1.165, 1.54) is 0 Å². The number of carbonyl (C=O) groups is 1. The van der Waals surface area contributed by atoms with Crippen molar-refractivity contribution in [3.63, 3.8) is 0 Å². The zero-order valence-electron chi connectivity index (χ0n) is 16.2. The first kappa shape index (κ1) is 20.7. The van der Waals surface area contributed by atoms with E-state index in [4.69, 9.17) is 21.7 Å². The highest BCUT2D eigenvalue weighted by Gasteiger charge is 2.15. The van der Waals surface area contributed by atoms with Gasteiger partial charge < -0.3 is 20.1 Å². The molecule has 0 aliphatic heterocycles. The fourth-order valence-corrected chi connectivity index (χ4v) is 3.03. The largest absolute Gasteiger partial charge is 0.497 e. The van der Waals surface area contributed by atoms with Crippen molar-refractivity contribution in [2.45, 2.75) is 33.2 Å². The molecule has 0 aromatic heterocycles. The molecule has 2 rings (SSSR count). The number of nitrogens with one attached hydrogen (secondary N) is 2. The summed E-state index contributed by atoms with van der Waals surface area (Å²) in [6, 6.07) is 13.4. The Morgan fingerprint density at radius 2 is 1.85 bits per heavy atom. The molecule has 5 nitrogen and oxygen atoms in total. The Bertz CT molecular complexity index is 791. The lowest BCUT2D eigenvalue weighted by Crippen LogP contribution is -2.32. The molecular formula is C21H26N2O3S. The number of carbonyl (C=O) groups excluding carboxylic acids is 1. The van der Waals surface area contributed by atoms with Crippen molar-refractivity contribution < 1.29 is 14.3 Å². The Balaban J connectivity index is 2.09. The lowest BCUT2D eigenvalue weighted by atomic mass is 10.0. The third-order valence-corrected chi connectivity index (χ3v) is 4.53. The molecular weight excluding hydrogens is 360 g/mol. The van der Waals surface area contributed by atoms with Gasteiger partial charge in [-0.2, -0.15) is 0 Å². The number of rotatable bonds is 7. The van der Waals surface area contributed by atoms with Crippen LogP contribution in [-0.2, 0) is 4.74 Å². The van der Waals surface area contributed by atoms with Gasteiger partial charge >= 0.3 is 5.97 Å². The van der Waals surface area contributed by atoms with Gasteiger partial charge in [0, 0.05) is 5.69 Å². The van der Waals surface area contributed by atoms with E-state index < -0.39 is 0 Å². The number of methoxy groups -OCH3 is 1. The Kier molecular flexibility index (Phi) is 7.61. The number of benzene rings is 2. The van der Waals surface area contributed by atoms with E-state index >= 15 is 0 Å². The topological polar surface area (TPSA) is 59.6 Å². The fraction of sp³-hybridized carbons (Fsp3) is 0.333. The minimum Gasteiger partial charge on any atom is -0.497 e. The SMILES string of the molecule is CCOC(=O)c1cccc(NC(=S)NC(CC)c2ccc(OC)cc2)c1C. The van der Waals surface area contributed by atoms with Crippen LogP contribution in [0.15, 0.2) is 42.5 Å². The molecule has 0 heterocycles. The van der Waals surface area contributed by atoms with Crippen LogP contribution in [0.2, 0.25) is 0 Å². The van der Waals surface area contributed by atoms with E-state index in [1.54, 1.807) is 20.1 Å². The van der Waals surface area contributed by atoms with E-state index in [9.17, 15) is 4.79 Å². The molecule has 0 amide bonds. The van der Waals surface area contributed by atoms with E-state index in [0.29, 0.717) is 17.3 Å². The molecule has 0 saturated heterocycles. The van der Waals surface area contributed by atoms with Crippen LogP contribution >= 0.6 is 12.2 Å².